The summed E-state index contributed by atoms with van der Waals surface area (Å²) in [6.07, 6.45) is 0.615. The Hall–Kier alpha value is -1.10. The molecule has 0 fully saturated rings. The van der Waals surface area contributed by atoms with Crippen molar-refractivity contribution in [3.8, 4) is 0 Å². The van der Waals surface area contributed by atoms with Gasteiger partial charge in [-0.15, -0.1) is 0 Å². The molecule has 0 spiro atoms. The topological polar surface area (TPSA) is 81.4 Å². The Morgan fingerprint density at radius 2 is 1.92 bits per heavy atom. The van der Waals surface area contributed by atoms with Crippen LogP contribution in [-0.4, -0.2) is 25.2 Å². The van der Waals surface area contributed by atoms with Crippen LogP contribution in [0.25, 0.3) is 0 Å². The summed E-state index contributed by atoms with van der Waals surface area (Å²) in [5.41, 5.74) is 3.95. The minimum atomic E-state index is -0.526. The molecule has 0 aliphatic heterocycles. The van der Waals surface area contributed by atoms with Crippen molar-refractivity contribution in [2.45, 2.75) is 26.5 Å². The van der Waals surface area contributed by atoms with Gasteiger partial charge in [0.05, 0.1) is 0 Å². The molecule has 0 saturated heterocycles. The van der Waals surface area contributed by atoms with E-state index in [4.69, 9.17) is 4.74 Å². The smallest absolute Gasteiger partial charge is 0.214 e. The highest BCUT2D eigenvalue weighted by molar-refractivity contribution is 5.70. The largest absolute Gasteiger partial charge is 0.370 e. The number of ether oxygens (including phenoxy) is 1. The summed E-state index contributed by atoms with van der Waals surface area (Å²) in [7, 11) is 1.54. The van der Waals surface area contributed by atoms with Gasteiger partial charge in [0.1, 0.15) is 5.72 Å². The zero-order valence-corrected chi connectivity index (χ0v) is 7.88. The molecule has 72 valence electrons. The van der Waals surface area contributed by atoms with Gasteiger partial charge in [-0.25, -0.2) is 0 Å². The number of hydrogen-bond donors (Lipinski definition) is 2. The third-order valence-corrected chi connectivity index (χ3v) is 0.917. The molecule has 0 aromatic heterocycles. The first kappa shape index (κ1) is 13.5. The first-order valence-electron chi connectivity index (χ1n) is 3.38. The number of primary amides is 1. The highest BCUT2D eigenvalue weighted by Gasteiger charge is 2.12. The van der Waals surface area contributed by atoms with E-state index >= 15 is 0 Å². The van der Waals surface area contributed by atoms with Gasteiger partial charge in [0.2, 0.25) is 12.3 Å². The maximum Gasteiger partial charge on any atom is 0.214 e. The second-order valence-corrected chi connectivity index (χ2v) is 2.59. The van der Waals surface area contributed by atoms with Crippen molar-refractivity contribution >= 4 is 12.3 Å². The minimum Gasteiger partial charge on any atom is -0.370 e. The Kier molecular flexibility index (Phi) is 7.42. The fraction of sp³-hybridized carbons (Fsp3) is 0.714. The van der Waals surface area contributed by atoms with Crippen molar-refractivity contribution in [2.75, 3.05) is 7.11 Å². The normalized spacial score (nSPS) is 9.33. The van der Waals surface area contributed by atoms with E-state index in [1.54, 1.807) is 13.8 Å². The number of rotatable bonds is 3. The van der Waals surface area contributed by atoms with Crippen molar-refractivity contribution in [2.24, 2.45) is 5.73 Å². The third-order valence-electron chi connectivity index (χ3n) is 0.917. The van der Waals surface area contributed by atoms with Crippen LogP contribution < -0.4 is 11.1 Å². The average molecular weight is 176 g/mol. The highest BCUT2D eigenvalue weighted by Crippen LogP contribution is 1.98. The Balaban J connectivity index is 0. The maximum absolute atomic E-state index is 9.79. The molecule has 0 radical (unpaired) electrons. The summed E-state index contributed by atoms with van der Waals surface area (Å²) >= 11 is 0. The van der Waals surface area contributed by atoms with Crippen LogP contribution in [0, 0.1) is 0 Å². The molecule has 0 aromatic rings. The van der Waals surface area contributed by atoms with Gasteiger partial charge in [-0.3, -0.25) is 9.59 Å². The molecule has 0 heterocycles. The summed E-state index contributed by atoms with van der Waals surface area (Å²) in [6, 6.07) is 0. The van der Waals surface area contributed by atoms with Crippen LogP contribution in [0.15, 0.2) is 0 Å². The van der Waals surface area contributed by atoms with E-state index in [2.05, 4.69) is 11.1 Å². The quantitative estimate of drug-likeness (QED) is 0.453. The van der Waals surface area contributed by atoms with Crippen LogP contribution in [0.3, 0.4) is 0 Å². The van der Waals surface area contributed by atoms with Crippen LogP contribution >= 0.6 is 0 Å². The van der Waals surface area contributed by atoms with Crippen LogP contribution in [0.4, 0.5) is 0 Å². The number of nitrogens with one attached hydrogen (secondary N) is 1. The predicted octanol–water partition coefficient (Wildman–Crippen LogP) is -0.393. The molecule has 12 heavy (non-hydrogen) atoms. The molecule has 0 rings (SSSR count). The summed E-state index contributed by atoms with van der Waals surface area (Å²) in [6.45, 7) is 4.84. The van der Waals surface area contributed by atoms with Gasteiger partial charge in [-0.1, -0.05) is 0 Å². The SMILES string of the molecule is CC(N)=O.COC(C)(C)NC=O. The molecular weight excluding hydrogens is 160 g/mol. The number of amides is 2. The molecule has 0 aliphatic carbocycles. The van der Waals surface area contributed by atoms with E-state index in [0.29, 0.717) is 6.41 Å². The van der Waals surface area contributed by atoms with Gasteiger partial charge in [0.25, 0.3) is 0 Å². The van der Waals surface area contributed by atoms with Crippen molar-refractivity contribution < 1.29 is 14.3 Å². The average Bonchev–Trinajstić information content (AvgIpc) is 1.86. The molecule has 3 N–H and O–H groups in total. The Labute approximate surface area is 72.3 Å². The van der Waals surface area contributed by atoms with Crippen LogP contribution in [-0.2, 0) is 14.3 Å². The summed E-state index contributed by atoms with van der Waals surface area (Å²) < 4.78 is 4.84. The first-order chi connectivity index (χ1) is 5.35. The monoisotopic (exact) mass is 176 g/mol. The predicted molar refractivity (Wildman–Crippen MR) is 45.2 cm³/mol. The lowest BCUT2D eigenvalue weighted by molar-refractivity contribution is -0.117. The van der Waals surface area contributed by atoms with Crippen LogP contribution in [0.5, 0.6) is 0 Å². The second-order valence-electron chi connectivity index (χ2n) is 2.59. The number of carbonyl (C=O) groups excluding carboxylic acids is 2. The van der Waals surface area contributed by atoms with Gasteiger partial charge in [-0.2, -0.15) is 0 Å². The number of methoxy groups -OCH3 is 1. The summed E-state index contributed by atoms with van der Waals surface area (Å²) in [5.74, 6) is -0.333. The standard InChI is InChI=1S/C5H11NO2.C2H5NO/c1-5(2,8-3)6-4-7;1-2(3)4/h4H,1-3H3,(H,6,7);1H3,(H2,3,4). The number of carbonyl (C=O) groups is 2. The maximum atomic E-state index is 9.79. The summed E-state index contributed by atoms with van der Waals surface area (Å²) in [5, 5.41) is 2.47. The molecule has 0 unspecified atom stereocenters. The Morgan fingerprint density at radius 3 is 2.00 bits per heavy atom. The molecule has 0 aliphatic rings. The fourth-order valence-electron chi connectivity index (χ4n) is 0.201. The number of nitrogens with two attached hydrogens (primary N) is 1. The van der Waals surface area contributed by atoms with Gasteiger partial charge < -0.3 is 15.8 Å². The molecular formula is C7H16N2O3. The first-order valence-corrected chi connectivity index (χ1v) is 3.38. The van der Waals surface area contributed by atoms with Crippen molar-refractivity contribution in [1.29, 1.82) is 0 Å². The van der Waals surface area contributed by atoms with E-state index in [9.17, 15) is 9.59 Å². The van der Waals surface area contributed by atoms with Crippen molar-refractivity contribution in [1.82, 2.24) is 5.32 Å². The lowest BCUT2D eigenvalue weighted by atomic mass is 10.3. The lowest BCUT2D eigenvalue weighted by Gasteiger charge is -2.20. The van der Waals surface area contributed by atoms with E-state index in [1.807, 2.05) is 0 Å². The fourth-order valence-corrected chi connectivity index (χ4v) is 0.201. The minimum absolute atomic E-state index is 0.333. The molecule has 0 aromatic carbocycles. The van der Waals surface area contributed by atoms with E-state index in [0.717, 1.165) is 0 Å². The number of hydrogen-bond acceptors (Lipinski definition) is 3. The molecule has 5 heteroatoms. The van der Waals surface area contributed by atoms with E-state index in [1.165, 1.54) is 14.0 Å². The zero-order chi connectivity index (χ0) is 10.2. The Morgan fingerprint density at radius 1 is 1.58 bits per heavy atom. The van der Waals surface area contributed by atoms with Gasteiger partial charge in [0.15, 0.2) is 0 Å². The van der Waals surface area contributed by atoms with Crippen LogP contribution in [0.2, 0.25) is 0 Å². The van der Waals surface area contributed by atoms with Crippen molar-refractivity contribution in [3.05, 3.63) is 0 Å². The van der Waals surface area contributed by atoms with Gasteiger partial charge >= 0.3 is 0 Å². The summed E-state index contributed by atoms with van der Waals surface area (Å²) in [4.78, 5) is 19.0. The second kappa shape index (κ2) is 6.60. The lowest BCUT2D eigenvalue weighted by Crippen LogP contribution is -2.39. The molecule has 0 saturated carbocycles. The van der Waals surface area contributed by atoms with Gasteiger partial charge in [0, 0.05) is 14.0 Å². The van der Waals surface area contributed by atoms with E-state index in [-0.39, 0.29) is 5.91 Å². The third kappa shape index (κ3) is 16.0. The van der Waals surface area contributed by atoms with Crippen LogP contribution in [0.1, 0.15) is 20.8 Å². The molecule has 0 bridgehead atoms. The van der Waals surface area contributed by atoms with Gasteiger partial charge in [-0.05, 0) is 13.8 Å². The Bertz CT molecular complexity index is 142. The molecule has 0 atom stereocenters. The molecule has 5 nitrogen and oxygen atoms in total. The highest BCUT2D eigenvalue weighted by atomic mass is 16.5. The molecule has 2 amide bonds. The zero-order valence-electron chi connectivity index (χ0n) is 7.88. The van der Waals surface area contributed by atoms with Crippen molar-refractivity contribution in [3.63, 3.8) is 0 Å². The van der Waals surface area contributed by atoms with E-state index < -0.39 is 5.72 Å².